The number of aromatic nitrogens is 3. The Labute approximate surface area is 139 Å². The van der Waals surface area contributed by atoms with Gasteiger partial charge in [0.25, 0.3) is 5.89 Å². The fourth-order valence-corrected chi connectivity index (χ4v) is 4.89. The lowest BCUT2D eigenvalue weighted by atomic mass is 10.3. The smallest absolute Gasteiger partial charge is 0.257 e. The van der Waals surface area contributed by atoms with Crippen molar-refractivity contribution in [2.24, 2.45) is 0 Å². The van der Waals surface area contributed by atoms with Crippen LogP contribution in [-0.2, 0) is 0 Å². The van der Waals surface area contributed by atoms with E-state index in [1.54, 1.807) is 34.4 Å². The van der Waals surface area contributed by atoms with Crippen LogP contribution in [0.5, 0.6) is 0 Å². The van der Waals surface area contributed by atoms with Crippen molar-refractivity contribution >= 4 is 44.7 Å². The molecule has 1 atom stereocenters. The zero-order chi connectivity index (χ0) is 14.9. The second kappa shape index (κ2) is 5.83. The van der Waals surface area contributed by atoms with Crippen molar-refractivity contribution in [1.29, 1.82) is 0 Å². The van der Waals surface area contributed by atoms with Crippen LogP contribution in [0.25, 0.3) is 21.0 Å². The molecule has 0 unspecified atom stereocenters. The molecule has 0 spiro atoms. The summed E-state index contributed by atoms with van der Waals surface area (Å²) in [7, 11) is 0. The summed E-state index contributed by atoms with van der Waals surface area (Å²) in [4.78, 5) is 5.62. The van der Waals surface area contributed by atoms with E-state index in [0.717, 1.165) is 14.7 Å². The molecule has 7 heteroatoms. The number of benzene rings is 1. The average molecular weight is 345 g/mol. The number of thiophene rings is 1. The van der Waals surface area contributed by atoms with Crippen molar-refractivity contribution in [2.45, 2.75) is 16.5 Å². The van der Waals surface area contributed by atoms with E-state index < -0.39 is 0 Å². The topological polar surface area (TPSA) is 51.8 Å². The third-order valence-corrected chi connectivity index (χ3v) is 6.15. The molecule has 0 radical (unpaired) electrons. The number of para-hydroxylation sites is 1. The molecular weight excluding hydrogens is 334 g/mol. The number of hydrogen-bond acceptors (Lipinski definition) is 7. The number of rotatable bonds is 4. The zero-order valence-electron chi connectivity index (χ0n) is 11.6. The van der Waals surface area contributed by atoms with E-state index in [1.807, 2.05) is 35.7 Å². The monoisotopic (exact) mass is 345 g/mol. The van der Waals surface area contributed by atoms with Crippen molar-refractivity contribution in [2.75, 3.05) is 0 Å². The average Bonchev–Trinajstić information content (AvgIpc) is 3.26. The first kappa shape index (κ1) is 13.9. The molecule has 0 amide bonds. The minimum absolute atomic E-state index is 0.0711. The van der Waals surface area contributed by atoms with E-state index in [2.05, 4.69) is 28.2 Å². The van der Waals surface area contributed by atoms with Crippen LogP contribution in [0.15, 0.2) is 50.5 Å². The summed E-state index contributed by atoms with van der Waals surface area (Å²) in [5.74, 6) is 1.22. The summed E-state index contributed by atoms with van der Waals surface area (Å²) in [5.41, 5.74) is 1.03. The highest BCUT2D eigenvalue weighted by atomic mass is 32.2. The first-order valence-electron chi connectivity index (χ1n) is 6.69. The number of thiazole rings is 1. The van der Waals surface area contributed by atoms with Crippen LogP contribution in [0.2, 0.25) is 0 Å². The third-order valence-electron chi connectivity index (χ3n) is 3.07. The lowest BCUT2D eigenvalue weighted by Gasteiger charge is -2.02. The maximum Gasteiger partial charge on any atom is 0.257 e. The molecule has 0 saturated carbocycles. The minimum atomic E-state index is 0.0711. The summed E-state index contributed by atoms with van der Waals surface area (Å²) in [6.07, 6.45) is 0. The minimum Gasteiger partial charge on any atom is -0.419 e. The van der Waals surface area contributed by atoms with Gasteiger partial charge in [-0.3, -0.25) is 0 Å². The van der Waals surface area contributed by atoms with Gasteiger partial charge in [0.2, 0.25) is 5.89 Å². The van der Waals surface area contributed by atoms with Gasteiger partial charge in [-0.05, 0) is 30.5 Å². The summed E-state index contributed by atoms with van der Waals surface area (Å²) in [5, 5.41) is 10.4. The Bertz CT molecular complexity index is 865. The molecule has 4 nitrogen and oxygen atoms in total. The molecule has 1 aromatic carbocycles. The fourth-order valence-electron chi connectivity index (χ4n) is 2.00. The van der Waals surface area contributed by atoms with E-state index in [4.69, 9.17) is 4.42 Å². The quantitative estimate of drug-likeness (QED) is 0.472. The van der Waals surface area contributed by atoms with Gasteiger partial charge in [-0.2, -0.15) is 0 Å². The normalized spacial score (nSPS) is 12.8. The van der Waals surface area contributed by atoms with Gasteiger partial charge in [0.1, 0.15) is 0 Å². The molecule has 3 heterocycles. The molecule has 4 aromatic rings. The molecule has 0 bridgehead atoms. The van der Waals surface area contributed by atoms with Crippen LogP contribution in [0.1, 0.15) is 18.1 Å². The van der Waals surface area contributed by atoms with Crippen LogP contribution in [0.3, 0.4) is 0 Å². The van der Waals surface area contributed by atoms with Crippen LogP contribution in [0.4, 0.5) is 0 Å². The number of nitrogens with zero attached hydrogens (tertiary/aromatic N) is 3. The first-order valence-corrected chi connectivity index (χ1v) is 9.27. The van der Waals surface area contributed by atoms with Crippen molar-refractivity contribution < 1.29 is 4.42 Å². The Kier molecular flexibility index (Phi) is 3.69. The van der Waals surface area contributed by atoms with Crippen molar-refractivity contribution in [3.8, 4) is 10.8 Å². The van der Waals surface area contributed by atoms with Crippen molar-refractivity contribution in [3.05, 3.63) is 47.7 Å². The molecule has 3 aromatic heterocycles. The van der Waals surface area contributed by atoms with E-state index in [0.29, 0.717) is 11.8 Å². The van der Waals surface area contributed by atoms with E-state index in [1.165, 1.54) is 4.70 Å². The van der Waals surface area contributed by atoms with Crippen molar-refractivity contribution in [1.82, 2.24) is 15.2 Å². The summed E-state index contributed by atoms with van der Waals surface area (Å²) < 4.78 is 7.99. The van der Waals surface area contributed by atoms with Crippen LogP contribution < -0.4 is 0 Å². The largest absolute Gasteiger partial charge is 0.419 e. The van der Waals surface area contributed by atoms with Gasteiger partial charge in [-0.15, -0.1) is 32.9 Å². The van der Waals surface area contributed by atoms with E-state index >= 15 is 0 Å². The second-order valence-electron chi connectivity index (χ2n) is 4.63. The molecule has 0 saturated heterocycles. The highest BCUT2D eigenvalue weighted by Gasteiger charge is 2.18. The third kappa shape index (κ3) is 2.67. The van der Waals surface area contributed by atoms with Gasteiger partial charge in [0.15, 0.2) is 4.34 Å². The lowest BCUT2D eigenvalue weighted by molar-refractivity contribution is 0.510. The molecule has 0 aliphatic carbocycles. The molecule has 0 N–H and O–H groups in total. The van der Waals surface area contributed by atoms with Gasteiger partial charge in [0.05, 0.1) is 20.3 Å². The van der Waals surface area contributed by atoms with Gasteiger partial charge < -0.3 is 4.42 Å². The molecular formula is C15H11N3OS3. The Hall–Kier alpha value is -1.70. The zero-order valence-corrected chi connectivity index (χ0v) is 14.0. The standard InChI is InChI=1S/C15H11N3OS3/c1-9(13-17-18-14(19-13)12-7-4-8-20-12)21-15-16-10-5-2-3-6-11(10)22-15/h2-9H,1H3/t9-/m0/s1. The Morgan fingerprint density at radius 3 is 2.86 bits per heavy atom. The Balaban J connectivity index is 1.55. The highest BCUT2D eigenvalue weighted by molar-refractivity contribution is 8.01. The highest BCUT2D eigenvalue weighted by Crippen LogP contribution is 2.39. The van der Waals surface area contributed by atoms with Gasteiger partial charge in [0, 0.05) is 0 Å². The van der Waals surface area contributed by atoms with Gasteiger partial charge >= 0.3 is 0 Å². The molecule has 110 valence electrons. The molecule has 0 fully saturated rings. The van der Waals surface area contributed by atoms with Crippen molar-refractivity contribution in [3.63, 3.8) is 0 Å². The summed E-state index contributed by atoms with van der Waals surface area (Å²) in [6, 6.07) is 12.1. The Morgan fingerprint density at radius 1 is 1.14 bits per heavy atom. The summed E-state index contributed by atoms with van der Waals surface area (Å²) in [6.45, 7) is 2.06. The fraction of sp³-hybridized carbons (Fsp3) is 0.133. The molecule has 22 heavy (non-hydrogen) atoms. The first-order chi connectivity index (χ1) is 10.8. The second-order valence-corrected chi connectivity index (χ2v) is 8.20. The number of hydrogen-bond donors (Lipinski definition) is 0. The van der Waals surface area contributed by atoms with E-state index in [-0.39, 0.29) is 5.25 Å². The number of fused-ring (bicyclic) bond motifs is 1. The Morgan fingerprint density at radius 2 is 2.05 bits per heavy atom. The molecule has 0 aliphatic rings. The van der Waals surface area contributed by atoms with Crippen LogP contribution >= 0.6 is 34.4 Å². The maximum atomic E-state index is 5.78. The van der Waals surface area contributed by atoms with E-state index in [9.17, 15) is 0 Å². The SMILES string of the molecule is C[C@H](Sc1nc2ccccc2s1)c1nnc(-c2cccs2)o1. The van der Waals surface area contributed by atoms with Crippen LogP contribution in [0, 0.1) is 0 Å². The lowest BCUT2D eigenvalue weighted by Crippen LogP contribution is -1.88. The summed E-state index contributed by atoms with van der Waals surface area (Å²) >= 11 is 4.93. The predicted molar refractivity (Wildman–Crippen MR) is 91.5 cm³/mol. The molecule has 0 aliphatic heterocycles. The van der Waals surface area contributed by atoms with Gasteiger partial charge in [-0.1, -0.05) is 30.0 Å². The van der Waals surface area contributed by atoms with Gasteiger partial charge in [-0.25, -0.2) is 4.98 Å². The van der Waals surface area contributed by atoms with Crippen LogP contribution in [-0.4, -0.2) is 15.2 Å². The number of thioether (sulfide) groups is 1. The maximum absolute atomic E-state index is 5.78. The molecule has 4 rings (SSSR count). The predicted octanol–water partition coefficient (Wildman–Crippen LogP) is 5.26.